The molecule has 200 valence electrons. The number of hydrogen-bond acceptors (Lipinski definition) is 6. The van der Waals surface area contributed by atoms with E-state index in [0.29, 0.717) is 54.1 Å². The van der Waals surface area contributed by atoms with Gasteiger partial charge in [0, 0.05) is 24.7 Å². The number of carbonyl (C=O) groups excluding carboxylic acids is 3. The third kappa shape index (κ3) is 6.19. The predicted molar refractivity (Wildman–Crippen MR) is 139 cm³/mol. The third-order valence-corrected chi connectivity index (χ3v) is 6.20. The second-order valence-electron chi connectivity index (χ2n) is 10.1. The summed E-state index contributed by atoms with van der Waals surface area (Å²) in [7, 11) is 1.30. The van der Waals surface area contributed by atoms with E-state index in [1.807, 2.05) is 20.8 Å². The Morgan fingerprint density at radius 1 is 1.05 bits per heavy atom. The van der Waals surface area contributed by atoms with Gasteiger partial charge < -0.3 is 19.7 Å². The topological polar surface area (TPSA) is 103 Å². The Balaban J connectivity index is 1.59. The molecule has 38 heavy (non-hydrogen) atoms. The lowest BCUT2D eigenvalue weighted by Crippen LogP contribution is -2.41. The van der Waals surface area contributed by atoms with Gasteiger partial charge in [0.25, 0.3) is 5.91 Å². The first-order chi connectivity index (χ1) is 18.1. The van der Waals surface area contributed by atoms with E-state index in [0.717, 1.165) is 0 Å². The number of hydrogen-bond donors (Lipinski definition) is 1. The van der Waals surface area contributed by atoms with Crippen molar-refractivity contribution in [3.63, 3.8) is 0 Å². The number of halogens is 1. The number of carbonyl (C=O) groups is 3. The van der Waals surface area contributed by atoms with Crippen molar-refractivity contribution in [2.75, 3.05) is 25.5 Å². The van der Waals surface area contributed by atoms with E-state index >= 15 is 0 Å². The molecule has 0 radical (unpaired) electrons. The monoisotopic (exact) mass is 522 g/mol. The zero-order chi connectivity index (χ0) is 27.4. The maximum atomic E-state index is 14.1. The molecule has 1 aromatic heterocycles. The number of anilines is 1. The molecule has 0 spiro atoms. The number of nitrogens with one attached hydrogen (secondary N) is 1. The fourth-order valence-electron chi connectivity index (χ4n) is 4.41. The van der Waals surface area contributed by atoms with Crippen LogP contribution in [0.4, 0.5) is 14.9 Å². The lowest BCUT2D eigenvalue weighted by molar-refractivity contribution is 0.0203. The number of benzene rings is 2. The number of amides is 2. The SMILES string of the molecule is COC(=O)c1ccc(NC(=O)c2cnn(-c3cccc(F)c3)c2C2CCN(C(=O)OC(C)(C)C)CC2)cc1. The molecule has 10 heteroatoms. The molecule has 2 amide bonds. The van der Waals surface area contributed by atoms with Gasteiger partial charge in [-0.2, -0.15) is 5.10 Å². The molecule has 9 nitrogen and oxygen atoms in total. The first-order valence-corrected chi connectivity index (χ1v) is 12.4. The Kier molecular flexibility index (Phi) is 7.80. The van der Waals surface area contributed by atoms with Gasteiger partial charge >= 0.3 is 12.1 Å². The average Bonchev–Trinajstić information content (AvgIpc) is 3.33. The molecule has 0 aliphatic carbocycles. The first kappa shape index (κ1) is 26.8. The summed E-state index contributed by atoms with van der Waals surface area (Å²) in [6.07, 6.45) is 2.25. The maximum absolute atomic E-state index is 14.1. The number of rotatable bonds is 5. The minimum Gasteiger partial charge on any atom is -0.465 e. The van der Waals surface area contributed by atoms with Gasteiger partial charge in [-0.3, -0.25) is 4.79 Å². The van der Waals surface area contributed by atoms with E-state index in [4.69, 9.17) is 9.47 Å². The van der Waals surface area contributed by atoms with Crippen LogP contribution in [0.15, 0.2) is 54.7 Å². The van der Waals surface area contributed by atoms with Crippen LogP contribution >= 0.6 is 0 Å². The van der Waals surface area contributed by atoms with Crippen LogP contribution in [0.5, 0.6) is 0 Å². The van der Waals surface area contributed by atoms with Gasteiger partial charge in [-0.25, -0.2) is 18.7 Å². The predicted octanol–water partition coefficient (Wildman–Crippen LogP) is 5.16. The van der Waals surface area contributed by atoms with Gasteiger partial charge in [-0.05, 0) is 76.1 Å². The number of likely N-dealkylation sites (tertiary alicyclic amines) is 1. The summed E-state index contributed by atoms with van der Waals surface area (Å²) in [6, 6.07) is 12.4. The fraction of sp³-hybridized carbons (Fsp3) is 0.357. The number of nitrogens with zero attached hydrogens (tertiary/aromatic N) is 3. The van der Waals surface area contributed by atoms with Crippen LogP contribution in [0.3, 0.4) is 0 Å². The van der Waals surface area contributed by atoms with Gasteiger partial charge in [0.15, 0.2) is 0 Å². The number of aromatic nitrogens is 2. The Morgan fingerprint density at radius 3 is 2.34 bits per heavy atom. The van der Waals surface area contributed by atoms with Crippen molar-refractivity contribution >= 4 is 23.7 Å². The fourth-order valence-corrected chi connectivity index (χ4v) is 4.41. The van der Waals surface area contributed by atoms with Crippen molar-refractivity contribution in [3.05, 3.63) is 77.4 Å². The normalized spacial score (nSPS) is 14.2. The van der Waals surface area contributed by atoms with E-state index in [2.05, 4.69) is 10.4 Å². The molecule has 1 saturated heterocycles. The van der Waals surface area contributed by atoms with Crippen LogP contribution in [0.1, 0.15) is 65.9 Å². The van der Waals surface area contributed by atoms with Crippen molar-refractivity contribution in [1.29, 1.82) is 0 Å². The molecule has 3 aromatic rings. The Bertz CT molecular complexity index is 1320. The van der Waals surface area contributed by atoms with E-state index in [1.165, 1.54) is 25.4 Å². The summed E-state index contributed by atoms with van der Waals surface area (Å²) >= 11 is 0. The van der Waals surface area contributed by atoms with E-state index in [1.54, 1.807) is 46.0 Å². The van der Waals surface area contributed by atoms with Crippen molar-refractivity contribution < 1.29 is 28.2 Å². The molecule has 2 aromatic carbocycles. The van der Waals surface area contributed by atoms with Gasteiger partial charge in [-0.1, -0.05) is 6.07 Å². The van der Waals surface area contributed by atoms with Crippen LogP contribution in [-0.4, -0.2) is 58.5 Å². The third-order valence-electron chi connectivity index (χ3n) is 6.20. The molecule has 2 heterocycles. The summed E-state index contributed by atoms with van der Waals surface area (Å²) in [4.78, 5) is 39.3. The molecule has 0 bridgehead atoms. The van der Waals surface area contributed by atoms with Crippen molar-refractivity contribution in [1.82, 2.24) is 14.7 Å². The molecule has 1 aliphatic heterocycles. The summed E-state index contributed by atoms with van der Waals surface area (Å²) in [5.41, 5.74) is 1.75. The molecule has 1 N–H and O–H groups in total. The molecule has 0 unspecified atom stereocenters. The van der Waals surface area contributed by atoms with E-state index in [-0.39, 0.29) is 17.9 Å². The summed E-state index contributed by atoms with van der Waals surface area (Å²) in [6.45, 7) is 6.36. The molecule has 1 aliphatic rings. The van der Waals surface area contributed by atoms with Crippen molar-refractivity contribution in [3.8, 4) is 5.69 Å². The standard InChI is InChI=1S/C28H31FN4O5/c1-28(2,3)38-27(36)32-14-12-18(13-15-32)24-23(17-30-33(24)22-7-5-6-20(29)16-22)25(34)31-21-10-8-19(9-11-21)26(35)37-4/h5-11,16-18H,12-15H2,1-4H3,(H,31,34). The number of piperidine rings is 1. The van der Waals surface area contributed by atoms with E-state index < -0.39 is 17.4 Å². The zero-order valence-electron chi connectivity index (χ0n) is 21.9. The van der Waals surface area contributed by atoms with Gasteiger partial charge in [0.1, 0.15) is 11.4 Å². The second kappa shape index (κ2) is 11.0. The van der Waals surface area contributed by atoms with Crippen LogP contribution in [0.25, 0.3) is 5.69 Å². The zero-order valence-corrected chi connectivity index (χ0v) is 21.9. The molecule has 0 atom stereocenters. The number of esters is 1. The lowest BCUT2D eigenvalue weighted by Gasteiger charge is -2.34. The lowest BCUT2D eigenvalue weighted by atomic mass is 9.90. The highest BCUT2D eigenvalue weighted by Gasteiger charge is 2.32. The molecule has 4 rings (SSSR count). The quantitative estimate of drug-likeness (QED) is 0.464. The Labute approximate surface area is 220 Å². The Morgan fingerprint density at radius 2 is 1.74 bits per heavy atom. The smallest absolute Gasteiger partial charge is 0.410 e. The first-order valence-electron chi connectivity index (χ1n) is 12.4. The van der Waals surface area contributed by atoms with Gasteiger partial charge in [0.2, 0.25) is 0 Å². The number of methoxy groups -OCH3 is 1. The summed E-state index contributed by atoms with van der Waals surface area (Å²) in [5.74, 6) is -1.38. The maximum Gasteiger partial charge on any atom is 0.410 e. The van der Waals surface area contributed by atoms with Gasteiger partial charge in [-0.15, -0.1) is 0 Å². The molecule has 0 saturated carbocycles. The molecular weight excluding hydrogens is 491 g/mol. The van der Waals surface area contributed by atoms with E-state index in [9.17, 15) is 18.8 Å². The second-order valence-corrected chi connectivity index (χ2v) is 10.1. The van der Waals surface area contributed by atoms with Crippen molar-refractivity contribution in [2.24, 2.45) is 0 Å². The largest absolute Gasteiger partial charge is 0.465 e. The minimum atomic E-state index is -0.593. The Hall–Kier alpha value is -4.21. The highest BCUT2D eigenvalue weighted by Crippen LogP contribution is 2.33. The van der Waals surface area contributed by atoms with Crippen LogP contribution in [-0.2, 0) is 9.47 Å². The van der Waals surface area contributed by atoms with Crippen LogP contribution < -0.4 is 5.32 Å². The summed E-state index contributed by atoms with van der Waals surface area (Å²) < 4.78 is 25.9. The number of ether oxygens (including phenoxy) is 2. The summed E-state index contributed by atoms with van der Waals surface area (Å²) in [5, 5.41) is 7.29. The van der Waals surface area contributed by atoms with Crippen LogP contribution in [0, 0.1) is 5.82 Å². The van der Waals surface area contributed by atoms with Gasteiger partial charge in [0.05, 0.1) is 35.8 Å². The highest BCUT2D eigenvalue weighted by atomic mass is 19.1. The minimum absolute atomic E-state index is 0.109. The van der Waals surface area contributed by atoms with Crippen LogP contribution in [0.2, 0.25) is 0 Å². The molecule has 1 fully saturated rings. The highest BCUT2D eigenvalue weighted by molar-refractivity contribution is 6.05. The molecular formula is C28H31FN4O5. The average molecular weight is 523 g/mol. The van der Waals surface area contributed by atoms with Crippen molar-refractivity contribution in [2.45, 2.75) is 45.1 Å².